The van der Waals surface area contributed by atoms with Crippen molar-refractivity contribution in [3.63, 3.8) is 0 Å². The summed E-state index contributed by atoms with van der Waals surface area (Å²) in [5.74, 6) is 0.162. The number of carbonyl (C=O) groups is 1. The van der Waals surface area contributed by atoms with Gasteiger partial charge in [0.1, 0.15) is 5.82 Å². The molecule has 1 heterocycles. The first-order chi connectivity index (χ1) is 9.54. The van der Waals surface area contributed by atoms with Crippen molar-refractivity contribution in [2.24, 2.45) is 5.92 Å². The van der Waals surface area contributed by atoms with Gasteiger partial charge in [-0.15, -0.1) is 0 Å². The lowest BCUT2D eigenvalue weighted by molar-refractivity contribution is 0.0698. The summed E-state index contributed by atoms with van der Waals surface area (Å²) < 4.78 is 1.96. The van der Waals surface area contributed by atoms with E-state index < -0.39 is 5.97 Å². The highest BCUT2D eigenvalue weighted by molar-refractivity contribution is 6.01. The van der Waals surface area contributed by atoms with Gasteiger partial charge in [0.2, 0.25) is 0 Å². The van der Waals surface area contributed by atoms with Gasteiger partial charge in [0.15, 0.2) is 0 Å². The topological polar surface area (TPSA) is 75.3 Å². The number of hydrogen-bond donors (Lipinski definition) is 2. The number of rotatable bonds is 6. The van der Waals surface area contributed by atoms with E-state index in [9.17, 15) is 9.90 Å². The zero-order chi connectivity index (χ0) is 14.7. The zero-order valence-electron chi connectivity index (χ0n) is 11.8. The van der Waals surface area contributed by atoms with Gasteiger partial charge in [0.25, 0.3) is 0 Å². The number of para-hydroxylation sites is 1. The van der Waals surface area contributed by atoms with Crippen LogP contribution in [-0.4, -0.2) is 32.3 Å². The summed E-state index contributed by atoms with van der Waals surface area (Å²) in [7, 11) is 0. The Hall–Kier alpha value is -1.88. The summed E-state index contributed by atoms with van der Waals surface area (Å²) in [6, 6.07) is 5.16. The van der Waals surface area contributed by atoms with E-state index in [2.05, 4.69) is 4.98 Å². The Labute approximate surface area is 117 Å². The highest BCUT2D eigenvalue weighted by Gasteiger charge is 2.15. The summed E-state index contributed by atoms with van der Waals surface area (Å²) in [4.78, 5) is 15.8. The lowest BCUT2D eigenvalue weighted by Crippen LogP contribution is -2.07. The van der Waals surface area contributed by atoms with Crippen LogP contribution in [0.5, 0.6) is 0 Å². The molecule has 0 fully saturated rings. The van der Waals surface area contributed by atoms with Crippen LogP contribution < -0.4 is 0 Å². The minimum absolute atomic E-state index is 0.185. The molecule has 5 nitrogen and oxygen atoms in total. The van der Waals surface area contributed by atoms with Crippen LogP contribution in [0, 0.1) is 12.8 Å². The molecule has 0 bridgehead atoms. The molecular weight excluding hydrogens is 256 g/mol. The van der Waals surface area contributed by atoms with E-state index in [-0.39, 0.29) is 12.5 Å². The third kappa shape index (κ3) is 2.82. The Morgan fingerprint density at radius 2 is 2.20 bits per heavy atom. The van der Waals surface area contributed by atoms with Crippen molar-refractivity contribution in [3.05, 3.63) is 29.6 Å². The van der Waals surface area contributed by atoms with E-state index >= 15 is 0 Å². The van der Waals surface area contributed by atoms with Crippen LogP contribution in [0.4, 0.5) is 0 Å². The van der Waals surface area contributed by atoms with Crippen LogP contribution in [-0.2, 0) is 6.54 Å². The molecular formula is C15H20N2O3. The summed E-state index contributed by atoms with van der Waals surface area (Å²) in [6.07, 6.45) is 1.80. The number of aliphatic hydroxyl groups excluding tert-OH is 1. The van der Waals surface area contributed by atoms with Crippen LogP contribution in [0.1, 0.15) is 35.9 Å². The van der Waals surface area contributed by atoms with Crippen molar-refractivity contribution < 1.29 is 15.0 Å². The standard InChI is InChI=1S/C15H20N2O3/c1-10(9-18)5-4-8-17-11(2)16-13-7-3-6-12(14(13)17)15(19)20/h3,6-7,10,18H,4-5,8-9H2,1-2H3,(H,19,20). The number of carboxylic acid groups (broad SMARTS) is 1. The lowest BCUT2D eigenvalue weighted by atomic mass is 10.1. The Morgan fingerprint density at radius 3 is 2.85 bits per heavy atom. The molecule has 1 atom stereocenters. The van der Waals surface area contributed by atoms with Crippen molar-refractivity contribution >= 4 is 17.0 Å². The third-order valence-electron chi connectivity index (χ3n) is 3.58. The van der Waals surface area contributed by atoms with Crippen LogP contribution in [0.15, 0.2) is 18.2 Å². The van der Waals surface area contributed by atoms with Crippen LogP contribution in [0.2, 0.25) is 0 Å². The first-order valence-electron chi connectivity index (χ1n) is 6.84. The predicted molar refractivity (Wildman–Crippen MR) is 76.9 cm³/mol. The number of aromatic nitrogens is 2. The van der Waals surface area contributed by atoms with E-state index in [1.807, 2.05) is 24.5 Å². The largest absolute Gasteiger partial charge is 0.478 e. The van der Waals surface area contributed by atoms with Crippen molar-refractivity contribution in [1.29, 1.82) is 0 Å². The van der Waals surface area contributed by atoms with Crippen LogP contribution in [0.3, 0.4) is 0 Å². The second-order valence-corrected chi connectivity index (χ2v) is 5.22. The van der Waals surface area contributed by atoms with Crippen LogP contribution in [0.25, 0.3) is 11.0 Å². The SMILES string of the molecule is Cc1nc2cccc(C(=O)O)c2n1CCCC(C)CO. The molecule has 0 aliphatic heterocycles. The summed E-state index contributed by atoms with van der Waals surface area (Å²) in [5, 5.41) is 18.3. The van der Waals surface area contributed by atoms with Gasteiger partial charge in [-0.1, -0.05) is 13.0 Å². The van der Waals surface area contributed by atoms with E-state index in [1.54, 1.807) is 12.1 Å². The average molecular weight is 276 g/mol. The number of carboxylic acids is 1. The molecule has 0 aliphatic carbocycles. The molecule has 5 heteroatoms. The second kappa shape index (κ2) is 6.05. The second-order valence-electron chi connectivity index (χ2n) is 5.22. The average Bonchev–Trinajstić information content (AvgIpc) is 2.74. The normalized spacial score (nSPS) is 12.8. The van der Waals surface area contributed by atoms with Gasteiger partial charge < -0.3 is 14.8 Å². The quantitative estimate of drug-likeness (QED) is 0.849. The van der Waals surface area contributed by atoms with Crippen molar-refractivity contribution in [1.82, 2.24) is 9.55 Å². The fourth-order valence-electron chi connectivity index (χ4n) is 2.44. The fraction of sp³-hybridized carbons (Fsp3) is 0.467. The van der Waals surface area contributed by atoms with Crippen molar-refractivity contribution in [2.75, 3.05) is 6.61 Å². The van der Waals surface area contributed by atoms with E-state index in [0.29, 0.717) is 11.1 Å². The molecule has 0 radical (unpaired) electrons. The molecule has 0 saturated carbocycles. The van der Waals surface area contributed by atoms with Gasteiger partial charge in [-0.3, -0.25) is 0 Å². The van der Waals surface area contributed by atoms with Gasteiger partial charge in [0.05, 0.1) is 16.6 Å². The number of aromatic carboxylic acids is 1. The Bertz CT molecular complexity index is 619. The van der Waals surface area contributed by atoms with Crippen LogP contribution >= 0.6 is 0 Å². The molecule has 1 unspecified atom stereocenters. The molecule has 20 heavy (non-hydrogen) atoms. The number of fused-ring (bicyclic) bond motifs is 1. The molecule has 1 aromatic carbocycles. The highest BCUT2D eigenvalue weighted by Crippen LogP contribution is 2.21. The Kier molecular flexibility index (Phi) is 4.39. The van der Waals surface area contributed by atoms with Gasteiger partial charge in [0, 0.05) is 13.2 Å². The highest BCUT2D eigenvalue weighted by atomic mass is 16.4. The molecule has 0 amide bonds. The van der Waals surface area contributed by atoms with E-state index in [4.69, 9.17) is 5.11 Å². The van der Waals surface area contributed by atoms with Gasteiger partial charge in [-0.05, 0) is 37.8 Å². The molecule has 0 aliphatic rings. The number of imidazole rings is 1. The van der Waals surface area contributed by atoms with Gasteiger partial charge in [-0.25, -0.2) is 9.78 Å². The third-order valence-corrected chi connectivity index (χ3v) is 3.58. The van der Waals surface area contributed by atoms with Crippen molar-refractivity contribution in [3.8, 4) is 0 Å². The number of aliphatic hydroxyl groups is 1. The predicted octanol–water partition coefficient (Wildman–Crippen LogP) is 2.45. The number of benzene rings is 1. The summed E-state index contributed by atoms with van der Waals surface area (Å²) in [6.45, 7) is 4.80. The lowest BCUT2D eigenvalue weighted by Gasteiger charge is -2.11. The molecule has 2 aromatic rings. The molecule has 108 valence electrons. The maximum atomic E-state index is 11.3. The monoisotopic (exact) mass is 276 g/mol. The minimum Gasteiger partial charge on any atom is -0.478 e. The first-order valence-corrected chi connectivity index (χ1v) is 6.84. The molecule has 2 rings (SSSR count). The van der Waals surface area contributed by atoms with E-state index in [1.165, 1.54) is 0 Å². The van der Waals surface area contributed by atoms with Crippen molar-refractivity contribution in [2.45, 2.75) is 33.2 Å². The number of nitrogens with zero attached hydrogens (tertiary/aromatic N) is 2. The molecule has 1 aromatic heterocycles. The summed E-state index contributed by atoms with van der Waals surface area (Å²) >= 11 is 0. The number of aryl methyl sites for hydroxylation is 2. The first kappa shape index (κ1) is 14.5. The summed E-state index contributed by atoms with van der Waals surface area (Å²) in [5.41, 5.74) is 1.70. The fourth-order valence-corrected chi connectivity index (χ4v) is 2.44. The molecule has 2 N–H and O–H groups in total. The van der Waals surface area contributed by atoms with Gasteiger partial charge in [-0.2, -0.15) is 0 Å². The Balaban J connectivity index is 2.32. The number of hydrogen-bond acceptors (Lipinski definition) is 3. The zero-order valence-corrected chi connectivity index (χ0v) is 11.8. The molecule has 0 saturated heterocycles. The minimum atomic E-state index is -0.930. The molecule has 0 spiro atoms. The maximum Gasteiger partial charge on any atom is 0.337 e. The Morgan fingerprint density at radius 1 is 1.45 bits per heavy atom. The maximum absolute atomic E-state index is 11.3. The van der Waals surface area contributed by atoms with Gasteiger partial charge >= 0.3 is 5.97 Å². The van der Waals surface area contributed by atoms with E-state index in [0.717, 1.165) is 30.7 Å². The smallest absolute Gasteiger partial charge is 0.337 e.